The summed E-state index contributed by atoms with van der Waals surface area (Å²) in [6.45, 7) is 7.69. The van der Waals surface area contributed by atoms with Crippen molar-refractivity contribution in [2.75, 3.05) is 37.9 Å². The van der Waals surface area contributed by atoms with Gasteiger partial charge in [0.1, 0.15) is 18.4 Å². The van der Waals surface area contributed by atoms with Crippen LogP contribution in [0.3, 0.4) is 0 Å². The lowest BCUT2D eigenvalue weighted by Crippen LogP contribution is -2.48. The zero-order valence-electron chi connectivity index (χ0n) is 22.8. The van der Waals surface area contributed by atoms with Crippen molar-refractivity contribution in [2.45, 2.75) is 45.3 Å². The molecule has 0 saturated carbocycles. The Kier molecular flexibility index (Phi) is 10.2. The number of benzene rings is 2. The highest BCUT2D eigenvalue weighted by Crippen LogP contribution is 2.32. The van der Waals surface area contributed by atoms with Crippen LogP contribution in [0, 0.1) is 0 Å². The maximum Gasteiger partial charge on any atom is 0.329 e. The molecule has 1 atom stereocenters. The van der Waals surface area contributed by atoms with Crippen LogP contribution in [0.1, 0.15) is 38.4 Å². The molecule has 38 heavy (non-hydrogen) atoms. The zero-order valence-corrected chi connectivity index (χ0v) is 23.7. The van der Waals surface area contributed by atoms with Crippen LogP contribution in [0.4, 0.5) is 10.5 Å². The van der Waals surface area contributed by atoms with E-state index in [1.54, 1.807) is 7.11 Å². The summed E-state index contributed by atoms with van der Waals surface area (Å²) < 4.78 is 10.8. The number of esters is 1. The molecule has 1 heterocycles. The first-order chi connectivity index (χ1) is 18.1. The Morgan fingerprint density at radius 3 is 2.50 bits per heavy atom. The van der Waals surface area contributed by atoms with Crippen molar-refractivity contribution in [2.24, 2.45) is 0 Å². The molecular formula is C29H38N4O4S. The van der Waals surface area contributed by atoms with Gasteiger partial charge >= 0.3 is 12.0 Å². The number of hydrogen-bond acceptors (Lipinski definition) is 7. The number of ether oxygens (including phenoxy) is 2. The molecule has 0 aliphatic rings. The number of urea groups is 1. The second kappa shape index (κ2) is 13.4. The number of fused-ring (bicyclic) bond motifs is 1. The van der Waals surface area contributed by atoms with E-state index in [1.165, 1.54) is 0 Å². The summed E-state index contributed by atoms with van der Waals surface area (Å²) >= 11 is 4.19. The molecule has 0 aliphatic heterocycles. The SMILES string of the molecule is COc1cc(N(C)CCCNC(=O)N[C@H](CS)C(=O)OCc2ccccc2)c2nc(C(C)(C)C)ccc2c1. The monoisotopic (exact) mass is 538 g/mol. The average Bonchev–Trinajstić information content (AvgIpc) is 2.91. The lowest BCUT2D eigenvalue weighted by atomic mass is 9.91. The molecule has 0 bridgehead atoms. The molecule has 2 N–H and O–H groups in total. The first kappa shape index (κ1) is 29.1. The van der Waals surface area contributed by atoms with Gasteiger partial charge in [0.2, 0.25) is 0 Å². The van der Waals surface area contributed by atoms with Crippen LogP contribution in [-0.2, 0) is 21.6 Å². The minimum Gasteiger partial charge on any atom is -0.497 e. The Hall–Kier alpha value is -3.46. The number of carbonyl (C=O) groups is 2. The molecule has 0 unspecified atom stereocenters. The Morgan fingerprint density at radius 1 is 1.11 bits per heavy atom. The summed E-state index contributed by atoms with van der Waals surface area (Å²) in [7, 11) is 3.65. The van der Waals surface area contributed by atoms with Crippen molar-refractivity contribution in [1.82, 2.24) is 15.6 Å². The maximum atomic E-state index is 12.4. The smallest absolute Gasteiger partial charge is 0.329 e. The van der Waals surface area contributed by atoms with Crippen molar-refractivity contribution in [3.05, 3.63) is 65.9 Å². The van der Waals surface area contributed by atoms with E-state index in [1.807, 2.05) is 49.5 Å². The third-order valence-electron chi connectivity index (χ3n) is 6.11. The van der Waals surface area contributed by atoms with Crippen LogP contribution >= 0.6 is 12.6 Å². The summed E-state index contributed by atoms with van der Waals surface area (Å²) in [6.07, 6.45) is 0.686. The van der Waals surface area contributed by atoms with Gasteiger partial charge < -0.3 is 25.0 Å². The van der Waals surface area contributed by atoms with Crippen LogP contribution in [-0.4, -0.2) is 56.0 Å². The molecule has 8 nitrogen and oxygen atoms in total. The minimum atomic E-state index is -0.837. The number of aromatic nitrogens is 1. The van der Waals surface area contributed by atoms with E-state index in [9.17, 15) is 9.59 Å². The van der Waals surface area contributed by atoms with Crippen LogP contribution in [0.15, 0.2) is 54.6 Å². The van der Waals surface area contributed by atoms with Crippen LogP contribution in [0.2, 0.25) is 0 Å². The summed E-state index contributed by atoms with van der Waals surface area (Å²) in [5, 5.41) is 6.46. The van der Waals surface area contributed by atoms with E-state index in [-0.39, 0.29) is 17.8 Å². The van der Waals surface area contributed by atoms with Gasteiger partial charge in [-0.25, -0.2) is 9.59 Å². The van der Waals surface area contributed by atoms with Crippen molar-refractivity contribution in [3.8, 4) is 5.75 Å². The highest BCUT2D eigenvalue weighted by molar-refractivity contribution is 7.80. The number of rotatable bonds is 11. The molecule has 9 heteroatoms. The van der Waals surface area contributed by atoms with Crippen LogP contribution in [0.25, 0.3) is 10.9 Å². The van der Waals surface area contributed by atoms with Gasteiger partial charge in [0.15, 0.2) is 0 Å². The number of hydrogen-bond donors (Lipinski definition) is 3. The zero-order chi connectivity index (χ0) is 27.7. The van der Waals surface area contributed by atoms with Crippen LogP contribution < -0.4 is 20.3 Å². The lowest BCUT2D eigenvalue weighted by Gasteiger charge is -2.24. The molecule has 3 rings (SSSR count). The molecular weight excluding hydrogens is 500 g/mol. The Morgan fingerprint density at radius 2 is 1.84 bits per heavy atom. The quantitative estimate of drug-likeness (QED) is 0.186. The van der Waals surface area contributed by atoms with Crippen molar-refractivity contribution < 1.29 is 19.1 Å². The Balaban J connectivity index is 1.53. The lowest BCUT2D eigenvalue weighted by molar-refractivity contribution is -0.146. The topological polar surface area (TPSA) is 92.8 Å². The van der Waals surface area contributed by atoms with Gasteiger partial charge in [0, 0.05) is 48.5 Å². The fourth-order valence-corrected chi connectivity index (χ4v) is 4.11. The highest BCUT2D eigenvalue weighted by Gasteiger charge is 2.21. The molecule has 2 amide bonds. The third-order valence-corrected chi connectivity index (χ3v) is 6.48. The number of carbonyl (C=O) groups excluding carboxylic acids is 2. The van der Waals surface area contributed by atoms with E-state index in [4.69, 9.17) is 14.5 Å². The summed E-state index contributed by atoms with van der Waals surface area (Å²) in [6, 6.07) is 16.2. The summed E-state index contributed by atoms with van der Waals surface area (Å²) in [5.41, 5.74) is 3.70. The number of thiol groups is 1. The standard InChI is InChI=1S/C29H38N4O4S/c1-29(2,3)25-13-12-21-16-22(36-5)17-24(26(21)32-25)33(4)15-9-14-30-28(35)31-23(19-38)27(34)37-18-20-10-7-6-8-11-20/h6-8,10-13,16-17,23,38H,9,14-15,18-19H2,1-5H3,(H2,30,31,35)/t23-/m1/s1. The van der Waals surface area contributed by atoms with E-state index < -0.39 is 18.0 Å². The predicted molar refractivity (Wildman–Crippen MR) is 155 cm³/mol. The molecule has 0 aliphatic carbocycles. The minimum absolute atomic E-state index is 0.0694. The normalized spacial score (nSPS) is 12.1. The Labute approximate surface area is 230 Å². The van der Waals surface area contributed by atoms with E-state index in [2.05, 4.69) is 61.1 Å². The van der Waals surface area contributed by atoms with Crippen LogP contribution in [0.5, 0.6) is 5.75 Å². The number of pyridine rings is 1. The molecule has 0 radical (unpaired) electrons. The molecule has 0 spiro atoms. The molecule has 204 valence electrons. The third kappa shape index (κ3) is 8.02. The fraction of sp³-hybridized carbons (Fsp3) is 0.414. The van der Waals surface area contributed by atoms with E-state index >= 15 is 0 Å². The second-order valence-corrected chi connectivity index (χ2v) is 10.5. The summed E-state index contributed by atoms with van der Waals surface area (Å²) in [4.78, 5) is 31.8. The molecule has 0 saturated heterocycles. The van der Waals surface area contributed by atoms with Crippen molar-refractivity contribution >= 4 is 41.2 Å². The molecule has 2 aromatic carbocycles. The van der Waals surface area contributed by atoms with Gasteiger partial charge in [-0.3, -0.25) is 4.98 Å². The van der Waals surface area contributed by atoms with Gasteiger partial charge in [-0.2, -0.15) is 12.6 Å². The van der Waals surface area contributed by atoms with Gasteiger partial charge in [-0.15, -0.1) is 0 Å². The number of methoxy groups -OCH3 is 1. The first-order valence-corrected chi connectivity index (χ1v) is 13.3. The van der Waals surface area contributed by atoms with Gasteiger partial charge in [0.05, 0.1) is 18.3 Å². The van der Waals surface area contributed by atoms with Crippen molar-refractivity contribution in [3.63, 3.8) is 0 Å². The second-order valence-electron chi connectivity index (χ2n) is 10.2. The number of anilines is 1. The molecule has 0 fully saturated rings. The van der Waals surface area contributed by atoms with E-state index in [0.29, 0.717) is 19.5 Å². The van der Waals surface area contributed by atoms with Crippen molar-refractivity contribution in [1.29, 1.82) is 0 Å². The Bertz CT molecular complexity index is 1230. The number of nitrogens with zero attached hydrogens (tertiary/aromatic N) is 2. The highest BCUT2D eigenvalue weighted by atomic mass is 32.1. The average molecular weight is 539 g/mol. The predicted octanol–water partition coefficient (Wildman–Crippen LogP) is 4.71. The first-order valence-electron chi connectivity index (χ1n) is 12.7. The van der Waals surface area contributed by atoms with Gasteiger partial charge in [-0.1, -0.05) is 57.2 Å². The molecule has 1 aromatic heterocycles. The van der Waals surface area contributed by atoms with E-state index in [0.717, 1.165) is 33.6 Å². The summed E-state index contributed by atoms with van der Waals surface area (Å²) in [5.74, 6) is 0.376. The maximum absolute atomic E-state index is 12.4. The number of nitrogens with one attached hydrogen (secondary N) is 2. The van der Waals surface area contributed by atoms with Gasteiger partial charge in [-0.05, 0) is 24.1 Å². The number of amides is 2. The fourth-order valence-electron chi connectivity index (χ4n) is 3.87. The van der Waals surface area contributed by atoms with Gasteiger partial charge in [0.25, 0.3) is 0 Å². The molecule has 3 aromatic rings. The largest absolute Gasteiger partial charge is 0.497 e.